The number of benzene rings is 7. The Morgan fingerprint density at radius 2 is 0.977 bits per heavy atom. The summed E-state index contributed by atoms with van der Waals surface area (Å²) in [5.74, 6) is 0.913. The summed E-state index contributed by atoms with van der Waals surface area (Å²) in [7, 11) is 0. The van der Waals surface area contributed by atoms with Gasteiger partial charge >= 0.3 is 0 Å². The second-order valence-corrected chi connectivity index (χ2v) is 11.2. The molecule has 2 aromatic heterocycles. The molecule has 43 heavy (non-hydrogen) atoms. The summed E-state index contributed by atoms with van der Waals surface area (Å²) in [5, 5.41) is 10.0. The van der Waals surface area contributed by atoms with Gasteiger partial charge in [0.2, 0.25) is 0 Å². The van der Waals surface area contributed by atoms with E-state index in [1.165, 1.54) is 54.2 Å². The minimum Gasteiger partial charge on any atom is -0.293 e. The lowest BCUT2D eigenvalue weighted by atomic mass is 9.95. The van der Waals surface area contributed by atoms with E-state index in [4.69, 9.17) is 4.98 Å². The summed E-state index contributed by atoms with van der Waals surface area (Å²) in [6, 6.07) is 56.5. The number of rotatable bonds is 3. The molecule has 7 aromatic carbocycles. The van der Waals surface area contributed by atoms with Crippen LogP contribution in [-0.4, -0.2) is 9.55 Å². The quantitative estimate of drug-likeness (QED) is 0.202. The lowest BCUT2D eigenvalue weighted by molar-refractivity contribution is 1.09. The Balaban J connectivity index is 1.52. The summed E-state index contributed by atoms with van der Waals surface area (Å²) in [5.41, 5.74) is 6.72. The van der Waals surface area contributed by atoms with Crippen LogP contribution in [-0.2, 0) is 0 Å². The summed E-state index contributed by atoms with van der Waals surface area (Å²) in [4.78, 5) is 5.40. The van der Waals surface area contributed by atoms with E-state index in [0.29, 0.717) is 0 Å². The first-order valence-electron chi connectivity index (χ1n) is 14.7. The van der Waals surface area contributed by atoms with Crippen LogP contribution in [0.5, 0.6) is 0 Å². The highest BCUT2D eigenvalue weighted by Crippen LogP contribution is 2.44. The average molecular weight is 547 g/mol. The van der Waals surface area contributed by atoms with Gasteiger partial charge in [0.1, 0.15) is 5.82 Å². The number of fused-ring (bicyclic) bond motifs is 10. The van der Waals surface area contributed by atoms with Gasteiger partial charge < -0.3 is 0 Å². The van der Waals surface area contributed by atoms with Crippen LogP contribution in [0.1, 0.15) is 0 Å². The molecular weight excluding hydrogens is 520 g/mol. The van der Waals surface area contributed by atoms with E-state index in [-0.39, 0.29) is 0 Å². The Hall–Kier alpha value is -5.73. The van der Waals surface area contributed by atoms with Crippen molar-refractivity contribution in [3.8, 4) is 28.2 Å². The zero-order valence-electron chi connectivity index (χ0n) is 23.4. The van der Waals surface area contributed by atoms with Crippen LogP contribution in [0.25, 0.3) is 82.3 Å². The summed E-state index contributed by atoms with van der Waals surface area (Å²) >= 11 is 0. The Bertz CT molecular complexity index is 2430. The molecule has 0 unspecified atom stereocenters. The second-order valence-electron chi connectivity index (χ2n) is 11.2. The smallest absolute Gasteiger partial charge is 0.138 e. The largest absolute Gasteiger partial charge is 0.293 e. The van der Waals surface area contributed by atoms with Crippen LogP contribution in [0.2, 0.25) is 0 Å². The summed E-state index contributed by atoms with van der Waals surface area (Å²) < 4.78 is 2.41. The Morgan fingerprint density at radius 1 is 0.395 bits per heavy atom. The first kappa shape index (κ1) is 23.9. The van der Waals surface area contributed by atoms with Crippen molar-refractivity contribution < 1.29 is 0 Å². The molecule has 2 heteroatoms. The third kappa shape index (κ3) is 3.63. The highest BCUT2D eigenvalue weighted by molar-refractivity contribution is 6.35. The van der Waals surface area contributed by atoms with Crippen molar-refractivity contribution in [2.75, 3.05) is 0 Å². The van der Waals surface area contributed by atoms with Gasteiger partial charge in [0.25, 0.3) is 0 Å². The lowest BCUT2D eigenvalue weighted by Gasteiger charge is -2.14. The van der Waals surface area contributed by atoms with E-state index in [1.807, 2.05) is 0 Å². The minimum absolute atomic E-state index is 0.913. The van der Waals surface area contributed by atoms with Crippen LogP contribution in [0.15, 0.2) is 158 Å². The van der Waals surface area contributed by atoms with Crippen molar-refractivity contribution in [1.82, 2.24) is 9.55 Å². The van der Waals surface area contributed by atoms with E-state index < -0.39 is 0 Å². The van der Waals surface area contributed by atoms with Crippen LogP contribution in [0.4, 0.5) is 0 Å². The highest BCUT2D eigenvalue weighted by Gasteiger charge is 2.21. The molecular formula is C41H26N2. The van der Waals surface area contributed by atoms with Crippen molar-refractivity contribution in [3.63, 3.8) is 0 Å². The van der Waals surface area contributed by atoms with Crippen molar-refractivity contribution in [1.29, 1.82) is 0 Å². The number of pyridine rings is 1. The van der Waals surface area contributed by atoms with Crippen molar-refractivity contribution in [3.05, 3.63) is 158 Å². The monoisotopic (exact) mass is 546 g/mol. The lowest BCUT2D eigenvalue weighted by Crippen LogP contribution is -2.00. The molecule has 0 radical (unpaired) electrons. The fourth-order valence-electron chi connectivity index (χ4n) is 6.86. The van der Waals surface area contributed by atoms with Gasteiger partial charge in [-0.1, -0.05) is 140 Å². The molecule has 0 atom stereocenters. The van der Waals surface area contributed by atoms with E-state index in [9.17, 15) is 0 Å². The minimum atomic E-state index is 0.913. The van der Waals surface area contributed by atoms with E-state index in [0.717, 1.165) is 28.2 Å². The number of hydrogen-bond acceptors (Lipinski definition) is 1. The zero-order valence-corrected chi connectivity index (χ0v) is 23.4. The van der Waals surface area contributed by atoms with Crippen LogP contribution in [0.3, 0.4) is 0 Å². The van der Waals surface area contributed by atoms with Crippen LogP contribution in [0, 0.1) is 0 Å². The molecule has 200 valence electrons. The number of nitrogens with zero attached hydrogens (tertiary/aromatic N) is 2. The molecule has 0 saturated carbocycles. The van der Waals surface area contributed by atoms with Gasteiger partial charge in [0, 0.05) is 21.7 Å². The maximum Gasteiger partial charge on any atom is 0.138 e. The maximum absolute atomic E-state index is 5.40. The molecule has 0 aliphatic heterocycles. The van der Waals surface area contributed by atoms with Gasteiger partial charge in [-0.15, -0.1) is 0 Å². The fourth-order valence-corrected chi connectivity index (χ4v) is 6.86. The van der Waals surface area contributed by atoms with Crippen molar-refractivity contribution >= 4 is 54.1 Å². The molecule has 0 bridgehead atoms. The molecule has 0 N–H and O–H groups in total. The second kappa shape index (κ2) is 9.40. The van der Waals surface area contributed by atoms with Crippen LogP contribution < -0.4 is 0 Å². The zero-order chi connectivity index (χ0) is 28.3. The molecule has 2 heterocycles. The topological polar surface area (TPSA) is 17.8 Å². The normalized spacial score (nSPS) is 11.7. The Kier molecular flexibility index (Phi) is 5.23. The van der Waals surface area contributed by atoms with Gasteiger partial charge in [0.05, 0.1) is 16.7 Å². The van der Waals surface area contributed by atoms with Crippen LogP contribution >= 0.6 is 0 Å². The Labute approximate surface area is 249 Å². The number of hydrogen-bond donors (Lipinski definition) is 0. The van der Waals surface area contributed by atoms with Gasteiger partial charge in [-0.3, -0.25) is 4.57 Å². The third-order valence-corrected chi connectivity index (χ3v) is 8.74. The van der Waals surface area contributed by atoms with Crippen molar-refractivity contribution in [2.45, 2.75) is 0 Å². The van der Waals surface area contributed by atoms with Gasteiger partial charge in [0.15, 0.2) is 0 Å². The molecule has 0 fully saturated rings. The van der Waals surface area contributed by atoms with Gasteiger partial charge in [-0.25, -0.2) is 4.98 Å². The molecule has 0 aliphatic rings. The van der Waals surface area contributed by atoms with E-state index in [1.54, 1.807) is 0 Å². The predicted molar refractivity (Wildman–Crippen MR) is 182 cm³/mol. The van der Waals surface area contributed by atoms with Gasteiger partial charge in [-0.2, -0.15) is 0 Å². The average Bonchev–Trinajstić information content (AvgIpc) is 3.45. The molecule has 0 saturated heterocycles. The van der Waals surface area contributed by atoms with Crippen molar-refractivity contribution in [2.24, 2.45) is 0 Å². The van der Waals surface area contributed by atoms with E-state index >= 15 is 0 Å². The molecule has 2 nitrogen and oxygen atoms in total. The van der Waals surface area contributed by atoms with E-state index in [2.05, 4.69) is 162 Å². The van der Waals surface area contributed by atoms with Gasteiger partial charge in [-0.05, 0) is 56.3 Å². The molecule has 9 aromatic rings. The summed E-state index contributed by atoms with van der Waals surface area (Å²) in [6.45, 7) is 0. The predicted octanol–water partition coefficient (Wildman–Crippen LogP) is 11.0. The fraction of sp³-hybridized carbons (Fsp3) is 0. The Morgan fingerprint density at radius 3 is 1.72 bits per heavy atom. The maximum atomic E-state index is 5.40. The number of aromatic nitrogens is 2. The third-order valence-electron chi connectivity index (χ3n) is 8.74. The molecule has 0 aliphatic carbocycles. The standard InChI is InChI=1S/C41H26N2/c1-3-13-27(14-4-1)30-25-36(29-16-5-2-6-17-29)42-38(26-30)43-37-24-23-28-15-7-8-18-31(28)39(37)40-34-21-11-9-19-32(34)33-20-10-12-22-35(33)41(40)43/h1-26H. The molecule has 0 spiro atoms. The highest BCUT2D eigenvalue weighted by atomic mass is 15.1. The first-order valence-corrected chi connectivity index (χ1v) is 14.7. The summed E-state index contributed by atoms with van der Waals surface area (Å²) in [6.07, 6.45) is 0. The first-order chi connectivity index (χ1) is 21.3. The SMILES string of the molecule is c1ccc(-c2cc(-c3ccccc3)nc(-n3c4ccc5ccccc5c4c4c5ccccc5c5ccccc5c43)c2)cc1. The molecule has 0 amide bonds. The molecule has 9 rings (SSSR count).